The Bertz CT molecular complexity index is 508. The Morgan fingerprint density at radius 3 is 2.64 bits per heavy atom. The van der Waals surface area contributed by atoms with Crippen LogP contribution in [-0.2, 0) is 4.74 Å². The van der Waals surface area contributed by atoms with Crippen molar-refractivity contribution in [3.05, 3.63) is 29.8 Å². The van der Waals surface area contributed by atoms with E-state index in [0.717, 1.165) is 10.5 Å². The molecule has 0 aliphatic heterocycles. The molecular formula is C14H19F3N2O3. The number of likely N-dealkylation sites (N-methyl/N-ethyl adjacent to an activating group) is 1. The molecule has 0 saturated heterocycles. The number of aliphatic hydroxyl groups is 1. The fraction of sp³-hybridized carbons (Fsp3) is 0.500. The van der Waals surface area contributed by atoms with Gasteiger partial charge in [0.2, 0.25) is 0 Å². The summed E-state index contributed by atoms with van der Waals surface area (Å²) >= 11 is 0. The standard InChI is InChI=1S/C14H19F3N2O3/c1-9(22-3)10-5-4-6-11(7-10)18-13(21)19(2)8-12(20)14(15,16)17/h4-7,9,12,20H,8H2,1-3H3,(H,18,21)/t9-,12+/m1/s1. The van der Waals surface area contributed by atoms with Gasteiger partial charge < -0.3 is 20.1 Å². The topological polar surface area (TPSA) is 61.8 Å². The zero-order valence-corrected chi connectivity index (χ0v) is 12.5. The smallest absolute Gasteiger partial charge is 0.382 e. The van der Waals surface area contributed by atoms with Gasteiger partial charge in [0.05, 0.1) is 12.6 Å². The number of alkyl halides is 3. The van der Waals surface area contributed by atoms with Gasteiger partial charge in [0.15, 0.2) is 6.10 Å². The fourth-order valence-electron chi connectivity index (χ4n) is 1.67. The largest absolute Gasteiger partial charge is 0.416 e. The molecule has 22 heavy (non-hydrogen) atoms. The molecule has 2 N–H and O–H groups in total. The van der Waals surface area contributed by atoms with E-state index >= 15 is 0 Å². The number of ether oxygens (including phenoxy) is 1. The first kappa shape index (κ1) is 18.2. The summed E-state index contributed by atoms with van der Waals surface area (Å²) < 4.78 is 41.9. The summed E-state index contributed by atoms with van der Waals surface area (Å²) in [6, 6.07) is 6.04. The molecule has 2 amide bonds. The van der Waals surface area contributed by atoms with Gasteiger partial charge in [0.1, 0.15) is 0 Å². The number of halogens is 3. The minimum atomic E-state index is -4.76. The highest BCUT2D eigenvalue weighted by atomic mass is 19.4. The van der Waals surface area contributed by atoms with Crippen molar-refractivity contribution in [2.45, 2.75) is 25.3 Å². The predicted molar refractivity (Wildman–Crippen MR) is 75.6 cm³/mol. The normalized spacial score (nSPS) is 14.3. The molecule has 0 spiro atoms. The number of anilines is 1. The Hall–Kier alpha value is -1.80. The Balaban J connectivity index is 2.68. The molecule has 0 radical (unpaired) electrons. The van der Waals surface area contributed by atoms with Crippen LogP contribution >= 0.6 is 0 Å². The van der Waals surface area contributed by atoms with Gasteiger partial charge in [-0.05, 0) is 24.6 Å². The average molecular weight is 320 g/mol. The minimum absolute atomic E-state index is 0.179. The number of rotatable bonds is 5. The lowest BCUT2D eigenvalue weighted by Gasteiger charge is -2.23. The van der Waals surface area contributed by atoms with Gasteiger partial charge in [-0.15, -0.1) is 0 Å². The first-order chi connectivity index (χ1) is 10.1. The number of carbonyl (C=O) groups excluding carboxylic acids is 1. The van der Waals surface area contributed by atoms with Gasteiger partial charge in [-0.25, -0.2) is 4.79 Å². The molecule has 1 aromatic carbocycles. The van der Waals surface area contributed by atoms with Crippen LogP contribution in [0.1, 0.15) is 18.6 Å². The number of methoxy groups -OCH3 is 1. The van der Waals surface area contributed by atoms with Crippen LogP contribution in [0.5, 0.6) is 0 Å². The molecule has 0 aliphatic rings. The maximum atomic E-state index is 12.3. The van der Waals surface area contributed by atoms with E-state index in [0.29, 0.717) is 5.69 Å². The van der Waals surface area contributed by atoms with Gasteiger partial charge in [-0.2, -0.15) is 13.2 Å². The van der Waals surface area contributed by atoms with Crippen molar-refractivity contribution in [1.29, 1.82) is 0 Å². The second-order valence-corrected chi connectivity index (χ2v) is 4.87. The molecule has 1 aromatic rings. The maximum absolute atomic E-state index is 12.3. The Morgan fingerprint density at radius 2 is 2.09 bits per heavy atom. The zero-order valence-electron chi connectivity index (χ0n) is 12.5. The maximum Gasteiger partial charge on any atom is 0.416 e. The summed E-state index contributed by atoms with van der Waals surface area (Å²) in [6.45, 7) is 0.982. The van der Waals surface area contributed by atoms with E-state index in [1.807, 2.05) is 6.92 Å². The molecule has 0 bridgehead atoms. The number of nitrogens with zero attached hydrogens (tertiary/aromatic N) is 1. The lowest BCUT2D eigenvalue weighted by Crippen LogP contribution is -2.43. The van der Waals surface area contributed by atoms with E-state index in [2.05, 4.69) is 5.32 Å². The lowest BCUT2D eigenvalue weighted by atomic mass is 10.1. The summed E-state index contributed by atoms with van der Waals surface area (Å²) in [4.78, 5) is 12.6. The zero-order chi connectivity index (χ0) is 16.9. The third-order valence-corrected chi connectivity index (χ3v) is 3.13. The van der Waals surface area contributed by atoms with Gasteiger partial charge >= 0.3 is 12.2 Å². The van der Waals surface area contributed by atoms with Crippen molar-refractivity contribution in [3.63, 3.8) is 0 Å². The first-order valence-corrected chi connectivity index (χ1v) is 6.54. The number of nitrogens with one attached hydrogen (secondary N) is 1. The van der Waals surface area contributed by atoms with Crippen LogP contribution in [0.15, 0.2) is 24.3 Å². The van der Waals surface area contributed by atoms with Crippen LogP contribution in [0.4, 0.5) is 23.7 Å². The molecule has 124 valence electrons. The molecule has 2 atom stereocenters. The Labute approximate surface area is 126 Å². The highest BCUT2D eigenvalue weighted by Crippen LogP contribution is 2.22. The van der Waals surface area contributed by atoms with Crippen molar-refractivity contribution >= 4 is 11.7 Å². The quantitative estimate of drug-likeness (QED) is 0.877. The van der Waals surface area contributed by atoms with Crippen molar-refractivity contribution in [3.8, 4) is 0 Å². The van der Waals surface area contributed by atoms with Crippen LogP contribution in [0.3, 0.4) is 0 Å². The van der Waals surface area contributed by atoms with Gasteiger partial charge in [-0.3, -0.25) is 0 Å². The van der Waals surface area contributed by atoms with E-state index < -0.39 is 24.9 Å². The molecule has 0 aliphatic carbocycles. The molecule has 0 heterocycles. The third-order valence-electron chi connectivity index (χ3n) is 3.13. The summed E-state index contributed by atoms with van der Waals surface area (Å²) in [7, 11) is 2.72. The molecule has 0 fully saturated rings. The van der Waals surface area contributed by atoms with Gasteiger partial charge in [0, 0.05) is 19.8 Å². The second-order valence-electron chi connectivity index (χ2n) is 4.87. The predicted octanol–water partition coefficient (Wildman–Crippen LogP) is 2.78. The average Bonchev–Trinajstić information content (AvgIpc) is 2.45. The Kier molecular flexibility index (Phi) is 6.19. The molecule has 8 heteroatoms. The van der Waals surface area contributed by atoms with Gasteiger partial charge in [-0.1, -0.05) is 12.1 Å². The highest BCUT2D eigenvalue weighted by molar-refractivity contribution is 5.89. The summed E-state index contributed by atoms with van der Waals surface area (Å²) in [5, 5.41) is 11.4. The minimum Gasteiger partial charge on any atom is -0.382 e. The highest BCUT2D eigenvalue weighted by Gasteiger charge is 2.39. The number of benzene rings is 1. The fourth-order valence-corrected chi connectivity index (χ4v) is 1.67. The number of urea groups is 1. The van der Waals surface area contributed by atoms with Crippen LogP contribution < -0.4 is 5.32 Å². The molecular weight excluding hydrogens is 301 g/mol. The van der Waals surface area contributed by atoms with Gasteiger partial charge in [0.25, 0.3) is 0 Å². The first-order valence-electron chi connectivity index (χ1n) is 6.54. The molecule has 0 aromatic heterocycles. The van der Waals surface area contributed by atoms with Crippen molar-refractivity contribution in [2.75, 3.05) is 26.0 Å². The van der Waals surface area contributed by atoms with Crippen molar-refractivity contribution in [1.82, 2.24) is 4.90 Å². The lowest BCUT2D eigenvalue weighted by molar-refractivity contribution is -0.205. The number of hydrogen-bond donors (Lipinski definition) is 2. The number of aliphatic hydroxyl groups excluding tert-OH is 1. The second kappa shape index (κ2) is 7.46. The summed E-state index contributed by atoms with van der Waals surface area (Å²) in [5.74, 6) is 0. The SMILES string of the molecule is CO[C@H](C)c1cccc(NC(=O)N(C)C[C@H](O)C(F)(F)F)c1. The molecule has 0 unspecified atom stereocenters. The molecule has 1 rings (SSSR count). The number of hydrogen-bond acceptors (Lipinski definition) is 3. The third kappa shape index (κ3) is 5.19. The van der Waals surface area contributed by atoms with Crippen LogP contribution in [-0.4, -0.2) is 49.0 Å². The van der Waals surface area contributed by atoms with E-state index in [1.165, 1.54) is 7.05 Å². The van der Waals surface area contributed by atoms with Crippen LogP contribution in [0, 0.1) is 0 Å². The van der Waals surface area contributed by atoms with E-state index in [1.54, 1.807) is 31.4 Å². The van der Waals surface area contributed by atoms with Crippen molar-refractivity contribution in [2.24, 2.45) is 0 Å². The van der Waals surface area contributed by atoms with Crippen LogP contribution in [0.2, 0.25) is 0 Å². The van der Waals surface area contributed by atoms with E-state index in [9.17, 15) is 18.0 Å². The van der Waals surface area contributed by atoms with E-state index in [-0.39, 0.29) is 6.10 Å². The molecule has 0 saturated carbocycles. The summed E-state index contributed by atoms with van der Waals surface area (Å²) in [6.07, 6.45) is -7.52. The molecule has 5 nitrogen and oxygen atoms in total. The number of amides is 2. The van der Waals surface area contributed by atoms with Crippen LogP contribution in [0.25, 0.3) is 0 Å². The number of carbonyl (C=O) groups is 1. The summed E-state index contributed by atoms with van der Waals surface area (Å²) in [5.41, 5.74) is 1.25. The van der Waals surface area contributed by atoms with E-state index in [4.69, 9.17) is 9.84 Å². The Morgan fingerprint density at radius 1 is 1.45 bits per heavy atom. The van der Waals surface area contributed by atoms with Crippen molar-refractivity contribution < 1.29 is 27.8 Å². The monoisotopic (exact) mass is 320 g/mol.